The molecule has 0 atom stereocenters. The van der Waals surface area contributed by atoms with E-state index in [2.05, 4.69) is 21.0 Å². The van der Waals surface area contributed by atoms with E-state index in [0.717, 1.165) is 36.2 Å². The van der Waals surface area contributed by atoms with Gasteiger partial charge in [0, 0.05) is 30.9 Å². The Hall–Kier alpha value is -3.95. The molecule has 1 heterocycles. The van der Waals surface area contributed by atoms with E-state index in [9.17, 15) is 22.4 Å². The van der Waals surface area contributed by atoms with Gasteiger partial charge in [0.05, 0.1) is 6.54 Å². The normalized spacial score (nSPS) is 13.1. The molecular formula is C29H30F4N2O4. The van der Waals surface area contributed by atoms with E-state index in [4.69, 9.17) is 9.84 Å². The summed E-state index contributed by atoms with van der Waals surface area (Å²) in [7, 11) is 0. The van der Waals surface area contributed by atoms with Crippen LogP contribution in [0, 0.1) is 12.7 Å². The minimum absolute atomic E-state index is 0.0305. The SMILES string of the molecule is Cc1c(CNc2ccc(CCC(=O)O)c(F)c2)ccc2c1N(CCOc1ccccc1OC(F)(F)F)CCC2. The number of hydrogen-bond acceptors (Lipinski definition) is 5. The molecule has 10 heteroatoms. The molecule has 6 nitrogen and oxygen atoms in total. The Morgan fingerprint density at radius 3 is 2.54 bits per heavy atom. The van der Waals surface area contributed by atoms with Crippen LogP contribution in [0.4, 0.5) is 28.9 Å². The van der Waals surface area contributed by atoms with Crippen molar-refractivity contribution in [1.29, 1.82) is 0 Å². The summed E-state index contributed by atoms with van der Waals surface area (Å²) in [4.78, 5) is 12.9. The van der Waals surface area contributed by atoms with Crippen molar-refractivity contribution in [2.75, 3.05) is 29.9 Å². The van der Waals surface area contributed by atoms with Gasteiger partial charge in [-0.15, -0.1) is 13.2 Å². The van der Waals surface area contributed by atoms with Gasteiger partial charge in [-0.25, -0.2) is 4.39 Å². The van der Waals surface area contributed by atoms with Crippen LogP contribution in [-0.2, 0) is 24.2 Å². The molecule has 0 spiro atoms. The molecule has 0 radical (unpaired) electrons. The molecule has 0 fully saturated rings. The van der Waals surface area contributed by atoms with Gasteiger partial charge in [-0.1, -0.05) is 30.3 Å². The van der Waals surface area contributed by atoms with Crippen LogP contribution in [0.3, 0.4) is 0 Å². The number of nitrogens with zero attached hydrogens (tertiary/aromatic N) is 1. The van der Waals surface area contributed by atoms with Gasteiger partial charge in [0.1, 0.15) is 12.4 Å². The Bertz CT molecular complexity index is 1310. The molecule has 1 aliphatic rings. The smallest absolute Gasteiger partial charge is 0.488 e. The molecule has 0 unspecified atom stereocenters. The van der Waals surface area contributed by atoms with Crippen LogP contribution in [0.5, 0.6) is 11.5 Å². The Balaban J connectivity index is 1.41. The predicted octanol–water partition coefficient (Wildman–Crippen LogP) is 6.49. The number of aliphatic carboxylic acids is 1. The van der Waals surface area contributed by atoms with Crippen molar-refractivity contribution in [1.82, 2.24) is 0 Å². The van der Waals surface area contributed by atoms with Crippen LogP contribution in [0.1, 0.15) is 35.1 Å². The van der Waals surface area contributed by atoms with E-state index in [1.807, 2.05) is 13.0 Å². The quantitative estimate of drug-likeness (QED) is 0.268. The number of fused-ring (bicyclic) bond motifs is 1. The number of hydrogen-bond donors (Lipinski definition) is 2. The van der Waals surface area contributed by atoms with E-state index in [0.29, 0.717) is 24.3 Å². The molecule has 0 aliphatic carbocycles. The summed E-state index contributed by atoms with van der Waals surface area (Å²) in [6, 6.07) is 14.5. The van der Waals surface area contributed by atoms with Gasteiger partial charge in [-0.05, 0) is 72.7 Å². The molecular weight excluding hydrogens is 516 g/mol. The molecule has 4 rings (SSSR count). The number of halogens is 4. The molecule has 3 aromatic rings. The summed E-state index contributed by atoms with van der Waals surface area (Å²) in [5.41, 5.74) is 5.32. The molecule has 0 saturated carbocycles. The Labute approximate surface area is 224 Å². The number of benzene rings is 3. The van der Waals surface area contributed by atoms with E-state index < -0.39 is 18.1 Å². The lowest BCUT2D eigenvalue weighted by atomic mass is 9.94. The van der Waals surface area contributed by atoms with Crippen LogP contribution < -0.4 is 19.7 Å². The number of carbonyl (C=O) groups is 1. The lowest BCUT2D eigenvalue weighted by molar-refractivity contribution is -0.275. The monoisotopic (exact) mass is 546 g/mol. The van der Waals surface area contributed by atoms with Crippen LogP contribution in [0.15, 0.2) is 54.6 Å². The van der Waals surface area contributed by atoms with E-state index in [1.54, 1.807) is 18.2 Å². The zero-order chi connectivity index (χ0) is 28.0. The molecule has 208 valence electrons. The Morgan fingerprint density at radius 1 is 1.08 bits per heavy atom. The van der Waals surface area contributed by atoms with Crippen molar-refractivity contribution in [3.05, 3.63) is 82.7 Å². The Kier molecular flexibility index (Phi) is 8.83. The van der Waals surface area contributed by atoms with Crippen molar-refractivity contribution < 1.29 is 36.9 Å². The van der Waals surface area contributed by atoms with Gasteiger partial charge in [0.2, 0.25) is 0 Å². The van der Waals surface area contributed by atoms with Gasteiger partial charge in [0.25, 0.3) is 0 Å². The molecule has 0 bridgehead atoms. The zero-order valence-electron chi connectivity index (χ0n) is 21.5. The summed E-state index contributed by atoms with van der Waals surface area (Å²) >= 11 is 0. The third-order valence-corrected chi connectivity index (χ3v) is 6.65. The van der Waals surface area contributed by atoms with Gasteiger partial charge < -0.3 is 24.8 Å². The molecule has 0 amide bonds. The van der Waals surface area contributed by atoms with Gasteiger partial charge in [-0.3, -0.25) is 4.79 Å². The molecule has 1 aliphatic heterocycles. The highest BCUT2D eigenvalue weighted by Gasteiger charge is 2.32. The van der Waals surface area contributed by atoms with Crippen molar-refractivity contribution in [3.63, 3.8) is 0 Å². The fourth-order valence-electron chi connectivity index (χ4n) is 4.77. The standard InChI is InChI=1S/C29H30F4N2O4/c1-19-22(18-34-23-12-10-20(24(30)17-23)11-13-27(36)37)9-8-21-5-4-14-35(28(19)21)15-16-38-25-6-2-3-7-26(25)39-29(31,32)33/h2-3,6-10,12,17,34H,4-5,11,13-16,18H2,1H3,(H,36,37). The van der Waals surface area contributed by atoms with Crippen LogP contribution in [-0.4, -0.2) is 37.1 Å². The lowest BCUT2D eigenvalue weighted by Crippen LogP contribution is -2.34. The topological polar surface area (TPSA) is 71.0 Å². The number of carboxylic acid groups (broad SMARTS) is 1. The first-order chi connectivity index (χ1) is 18.6. The second kappa shape index (κ2) is 12.3. The third kappa shape index (κ3) is 7.55. The summed E-state index contributed by atoms with van der Waals surface area (Å²) in [5.74, 6) is -1.76. The minimum atomic E-state index is -4.80. The number of nitrogens with one attached hydrogen (secondary N) is 1. The number of alkyl halides is 3. The van der Waals surface area contributed by atoms with Crippen molar-refractivity contribution >= 4 is 17.3 Å². The van der Waals surface area contributed by atoms with Crippen LogP contribution in [0.25, 0.3) is 0 Å². The first kappa shape index (κ1) is 28.1. The maximum Gasteiger partial charge on any atom is 0.573 e. The summed E-state index contributed by atoms with van der Waals surface area (Å²) in [6.45, 7) is 3.93. The Morgan fingerprint density at radius 2 is 1.82 bits per heavy atom. The predicted molar refractivity (Wildman–Crippen MR) is 140 cm³/mol. The maximum absolute atomic E-state index is 14.4. The largest absolute Gasteiger partial charge is 0.573 e. The molecule has 2 N–H and O–H groups in total. The molecule has 39 heavy (non-hydrogen) atoms. The molecule has 3 aromatic carbocycles. The van der Waals surface area contributed by atoms with Crippen molar-refractivity contribution in [2.24, 2.45) is 0 Å². The first-order valence-electron chi connectivity index (χ1n) is 12.7. The average Bonchev–Trinajstić information content (AvgIpc) is 2.88. The van der Waals surface area contributed by atoms with Crippen molar-refractivity contribution in [2.45, 2.75) is 45.5 Å². The van der Waals surface area contributed by atoms with Crippen LogP contribution in [0.2, 0.25) is 0 Å². The zero-order valence-corrected chi connectivity index (χ0v) is 21.5. The highest BCUT2D eigenvalue weighted by atomic mass is 19.4. The number of carboxylic acids is 1. The van der Waals surface area contributed by atoms with E-state index in [-0.39, 0.29) is 30.9 Å². The molecule has 0 aromatic heterocycles. The first-order valence-corrected chi connectivity index (χ1v) is 12.7. The number of anilines is 2. The van der Waals surface area contributed by atoms with Crippen LogP contribution >= 0.6 is 0 Å². The highest BCUT2D eigenvalue weighted by Crippen LogP contribution is 2.34. The lowest BCUT2D eigenvalue weighted by Gasteiger charge is -2.33. The van der Waals surface area contributed by atoms with Gasteiger partial charge in [0.15, 0.2) is 11.5 Å². The fraction of sp³-hybridized carbons (Fsp3) is 0.345. The summed E-state index contributed by atoms with van der Waals surface area (Å²) < 4.78 is 62.3. The summed E-state index contributed by atoms with van der Waals surface area (Å²) in [6.07, 6.45) is -2.93. The number of aryl methyl sites for hydroxylation is 2. The number of para-hydroxylation sites is 2. The van der Waals surface area contributed by atoms with Gasteiger partial charge >= 0.3 is 12.3 Å². The average molecular weight is 547 g/mol. The second-order valence-electron chi connectivity index (χ2n) is 9.34. The fourth-order valence-corrected chi connectivity index (χ4v) is 4.77. The van der Waals surface area contributed by atoms with Gasteiger partial charge in [-0.2, -0.15) is 0 Å². The number of ether oxygens (including phenoxy) is 2. The molecule has 0 saturated heterocycles. The van der Waals surface area contributed by atoms with E-state index in [1.165, 1.54) is 29.8 Å². The summed E-state index contributed by atoms with van der Waals surface area (Å²) in [5, 5.41) is 12.1. The minimum Gasteiger partial charge on any atom is -0.488 e. The van der Waals surface area contributed by atoms with E-state index >= 15 is 0 Å². The third-order valence-electron chi connectivity index (χ3n) is 6.65. The van der Waals surface area contributed by atoms with Crippen molar-refractivity contribution in [3.8, 4) is 11.5 Å². The number of rotatable bonds is 11. The highest BCUT2D eigenvalue weighted by molar-refractivity contribution is 5.67. The maximum atomic E-state index is 14.4. The second-order valence-corrected chi connectivity index (χ2v) is 9.34.